The van der Waals surface area contributed by atoms with Gasteiger partial charge in [-0.3, -0.25) is 0 Å². The van der Waals surface area contributed by atoms with E-state index in [1.807, 2.05) is 0 Å². The lowest BCUT2D eigenvalue weighted by Gasteiger charge is -1.91. The smallest absolute Gasteiger partial charge is 0.181 e. The van der Waals surface area contributed by atoms with Crippen LogP contribution in [-0.2, 0) is 5.33 Å². The molecule has 3 rings (SSSR count). The zero-order valence-electron chi connectivity index (χ0n) is 7.57. The first-order valence-corrected chi connectivity index (χ1v) is 7.16. The van der Waals surface area contributed by atoms with Crippen LogP contribution in [0, 0.1) is 0 Å². The van der Waals surface area contributed by atoms with Gasteiger partial charge >= 0.3 is 0 Å². The summed E-state index contributed by atoms with van der Waals surface area (Å²) in [5.41, 5.74) is 0.962. The highest BCUT2D eigenvalue weighted by atomic mass is 79.9. The van der Waals surface area contributed by atoms with Crippen LogP contribution >= 0.6 is 38.6 Å². The average molecular weight is 300 g/mol. The molecule has 0 unspecified atom stereocenters. The van der Waals surface area contributed by atoms with Gasteiger partial charge in [-0.2, -0.15) is 0 Å². The number of fused-ring (bicyclic) bond motifs is 1. The fourth-order valence-electron chi connectivity index (χ4n) is 1.44. The monoisotopic (exact) mass is 299 g/mol. The maximum Gasteiger partial charge on any atom is 0.181 e. The Morgan fingerprint density at radius 3 is 3.13 bits per heavy atom. The highest BCUT2D eigenvalue weighted by Gasteiger charge is 2.13. The summed E-state index contributed by atoms with van der Waals surface area (Å²) in [6, 6.07) is 4.30. The Bertz CT molecular complexity index is 567. The Hall–Kier alpha value is -0.650. The summed E-state index contributed by atoms with van der Waals surface area (Å²) >= 11 is 6.91. The first-order valence-electron chi connectivity index (χ1n) is 4.34. The number of nitrogens with zero attached hydrogens (tertiary/aromatic N) is 1. The molecular formula is C10H6BrNOS2. The molecule has 2 nitrogen and oxygen atoms in total. The van der Waals surface area contributed by atoms with E-state index in [4.69, 9.17) is 4.42 Å². The van der Waals surface area contributed by atoms with Gasteiger partial charge in [0.1, 0.15) is 0 Å². The predicted molar refractivity (Wildman–Crippen MR) is 67.8 cm³/mol. The van der Waals surface area contributed by atoms with E-state index in [1.54, 1.807) is 22.7 Å². The minimum absolute atomic E-state index is 0.727. The van der Waals surface area contributed by atoms with Gasteiger partial charge in [-0.1, -0.05) is 15.9 Å². The van der Waals surface area contributed by atoms with Crippen molar-refractivity contribution in [2.75, 3.05) is 0 Å². The summed E-state index contributed by atoms with van der Waals surface area (Å²) in [7, 11) is 0. The van der Waals surface area contributed by atoms with Gasteiger partial charge in [0.15, 0.2) is 12.2 Å². The summed E-state index contributed by atoms with van der Waals surface area (Å²) in [5.74, 6) is 0.889. The van der Waals surface area contributed by atoms with Crippen LogP contribution in [-0.4, -0.2) is 4.98 Å². The number of thiophene rings is 2. The third-order valence-corrected chi connectivity index (χ3v) is 4.75. The molecule has 0 saturated heterocycles. The van der Waals surface area contributed by atoms with Crippen molar-refractivity contribution in [3.8, 4) is 10.6 Å². The molecule has 0 atom stereocenters. The van der Waals surface area contributed by atoms with Crippen LogP contribution in [0.3, 0.4) is 0 Å². The summed E-state index contributed by atoms with van der Waals surface area (Å²) in [6.45, 7) is 0. The summed E-state index contributed by atoms with van der Waals surface area (Å²) in [5, 5.41) is 2.83. The Kier molecular flexibility index (Phi) is 2.38. The summed E-state index contributed by atoms with van der Waals surface area (Å²) in [4.78, 5) is 5.32. The molecule has 0 saturated carbocycles. The average Bonchev–Trinajstić information content (AvgIpc) is 2.91. The Labute approximate surface area is 103 Å². The number of alkyl halides is 1. The second kappa shape index (κ2) is 3.73. The molecule has 0 fully saturated rings. The second-order valence-electron chi connectivity index (χ2n) is 3.02. The van der Waals surface area contributed by atoms with Crippen molar-refractivity contribution in [1.29, 1.82) is 0 Å². The summed E-state index contributed by atoms with van der Waals surface area (Å²) in [6.07, 6.45) is 1.50. The molecule has 0 aliphatic rings. The lowest BCUT2D eigenvalue weighted by Crippen LogP contribution is -1.78. The van der Waals surface area contributed by atoms with E-state index in [1.165, 1.54) is 15.8 Å². The second-order valence-corrected chi connectivity index (χ2v) is 5.61. The van der Waals surface area contributed by atoms with Crippen LogP contribution < -0.4 is 0 Å². The molecule has 0 bridgehead atoms. The third kappa shape index (κ3) is 1.55. The molecule has 5 heteroatoms. The van der Waals surface area contributed by atoms with E-state index in [2.05, 4.69) is 38.4 Å². The van der Waals surface area contributed by atoms with Gasteiger partial charge in [0.2, 0.25) is 0 Å². The van der Waals surface area contributed by atoms with Crippen molar-refractivity contribution < 1.29 is 4.42 Å². The van der Waals surface area contributed by atoms with Crippen LogP contribution in [0.4, 0.5) is 0 Å². The van der Waals surface area contributed by atoms with Gasteiger partial charge < -0.3 is 4.42 Å². The Morgan fingerprint density at radius 2 is 2.33 bits per heavy atom. The SMILES string of the molecule is BrCc1ncoc1-c1cc2sccc2s1. The maximum absolute atomic E-state index is 5.41. The maximum atomic E-state index is 5.41. The normalized spacial score (nSPS) is 11.3. The quantitative estimate of drug-likeness (QED) is 0.651. The van der Waals surface area contributed by atoms with E-state index < -0.39 is 0 Å². The molecule has 0 spiro atoms. The highest BCUT2D eigenvalue weighted by Crippen LogP contribution is 2.37. The first-order chi connectivity index (χ1) is 7.38. The number of aromatic nitrogens is 1. The van der Waals surface area contributed by atoms with Gasteiger partial charge in [0, 0.05) is 14.7 Å². The fraction of sp³-hybridized carbons (Fsp3) is 0.100. The van der Waals surface area contributed by atoms with Gasteiger partial charge in [0.05, 0.1) is 10.6 Å². The molecule has 3 aromatic rings. The fourth-order valence-corrected chi connectivity index (χ4v) is 3.96. The summed E-state index contributed by atoms with van der Waals surface area (Å²) < 4.78 is 8.04. The van der Waals surface area contributed by atoms with Crippen LogP contribution in [0.2, 0.25) is 0 Å². The van der Waals surface area contributed by atoms with Crippen LogP contribution in [0.5, 0.6) is 0 Å². The highest BCUT2D eigenvalue weighted by molar-refractivity contribution is 9.08. The predicted octanol–water partition coefficient (Wildman–Crippen LogP) is 4.51. The molecule has 0 radical (unpaired) electrons. The van der Waals surface area contributed by atoms with E-state index >= 15 is 0 Å². The lowest BCUT2D eigenvalue weighted by molar-refractivity contribution is 0.572. The van der Waals surface area contributed by atoms with Crippen molar-refractivity contribution in [2.45, 2.75) is 5.33 Å². The molecule has 0 aliphatic heterocycles. The van der Waals surface area contributed by atoms with Crippen molar-refractivity contribution in [3.05, 3.63) is 29.6 Å². The topological polar surface area (TPSA) is 26.0 Å². The van der Waals surface area contributed by atoms with E-state index in [-0.39, 0.29) is 0 Å². The molecule has 3 heterocycles. The standard InChI is InChI=1S/C10H6BrNOS2/c11-4-6-10(13-5-12-6)9-3-8-7(15-9)1-2-14-8/h1-3,5H,4H2. The Balaban J connectivity index is 2.17. The zero-order chi connectivity index (χ0) is 10.3. The molecule has 0 aromatic carbocycles. The largest absolute Gasteiger partial charge is 0.442 e. The van der Waals surface area contributed by atoms with Crippen LogP contribution in [0.15, 0.2) is 28.3 Å². The number of hydrogen-bond donors (Lipinski definition) is 0. The minimum atomic E-state index is 0.727. The third-order valence-electron chi connectivity index (χ3n) is 2.13. The number of hydrogen-bond acceptors (Lipinski definition) is 4. The van der Waals surface area contributed by atoms with Crippen LogP contribution in [0.1, 0.15) is 5.69 Å². The first kappa shape index (κ1) is 9.57. The van der Waals surface area contributed by atoms with Gasteiger partial charge in [-0.05, 0) is 17.5 Å². The molecule has 0 aliphatic carbocycles. The van der Waals surface area contributed by atoms with Crippen molar-refractivity contribution in [2.24, 2.45) is 0 Å². The molecule has 0 N–H and O–H groups in total. The minimum Gasteiger partial charge on any atom is -0.442 e. The molecular weight excluding hydrogens is 294 g/mol. The van der Waals surface area contributed by atoms with Crippen molar-refractivity contribution in [3.63, 3.8) is 0 Å². The Morgan fingerprint density at radius 1 is 1.40 bits per heavy atom. The molecule has 15 heavy (non-hydrogen) atoms. The molecule has 0 amide bonds. The lowest BCUT2D eigenvalue weighted by atomic mass is 10.3. The van der Waals surface area contributed by atoms with Gasteiger partial charge in [-0.25, -0.2) is 4.98 Å². The number of rotatable bonds is 2. The van der Waals surface area contributed by atoms with Crippen molar-refractivity contribution >= 4 is 48.0 Å². The number of halogens is 1. The molecule has 3 aromatic heterocycles. The number of oxazole rings is 1. The van der Waals surface area contributed by atoms with Crippen molar-refractivity contribution in [1.82, 2.24) is 4.98 Å². The van der Waals surface area contributed by atoms with Gasteiger partial charge in [-0.15, -0.1) is 22.7 Å². The van der Waals surface area contributed by atoms with E-state index in [9.17, 15) is 0 Å². The van der Waals surface area contributed by atoms with Crippen LogP contribution in [0.25, 0.3) is 20.0 Å². The van der Waals surface area contributed by atoms with E-state index in [0.29, 0.717) is 0 Å². The van der Waals surface area contributed by atoms with E-state index in [0.717, 1.165) is 21.7 Å². The van der Waals surface area contributed by atoms with Gasteiger partial charge in [0.25, 0.3) is 0 Å². The zero-order valence-corrected chi connectivity index (χ0v) is 10.8. The molecule has 76 valence electrons.